The summed E-state index contributed by atoms with van der Waals surface area (Å²) in [6.45, 7) is 7.74. The predicted octanol–water partition coefficient (Wildman–Crippen LogP) is 3.14. The second-order valence-corrected chi connectivity index (χ2v) is 7.32. The second kappa shape index (κ2) is 10.7. The number of hydrogen-bond acceptors (Lipinski definition) is 5. The van der Waals surface area contributed by atoms with Crippen LogP contribution in [0, 0.1) is 11.8 Å². The number of rotatable bonds is 9. The van der Waals surface area contributed by atoms with Gasteiger partial charge in [-0.1, -0.05) is 58.0 Å². The van der Waals surface area contributed by atoms with Gasteiger partial charge in [-0.25, -0.2) is 9.69 Å². The summed E-state index contributed by atoms with van der Waals surface area (Å²) in [7, 11) is 0. The Balaban J connectivity index is 2.95. The molecule has 1 rings (SSSR count). The van der Waals surface area contributed by atoms with Crippen LogP contribution in [0.1, 0.15) is 46.1 Å². The second-order valence-electron chi connectivity index (χ2n) is 7.32. The number of aldehydes is 1. The lowest BCUT2D eigenvalue weighted by Gasteiger charge is -2.29. The third-order valence-corrected chi connectivity index (χ3v) is 3.88. The molecule has 0 radical (unpaired) electrons. The molecule has 1 aromatic rings. The maximum Gasteiger partial charge on any atom is 0.417 e. The summed E-state index contributed by atoms with van der Waals surface area (Å²) in [5.74, 6) is -0.255. The van der Waals surface area contributed by atoms with Gasteiger partial charge in [-0.3, -0.25) is 4.79 Å². The summed E-state index contributed by atoms with van der Waals surface area (Å²) in [6, 6.07) is 7.41. The lowest BCUT2D eigenvalue weighted by atomic mass is 10.0. The molecule has 2 atom stereocenters. The van der Waals surface area contributed by atoms with Crippen molar-refractivity contribution >= 4 is 18.3 Å². The van der Waals surface area contributed by atoms with Gasteiger partial charge in [0.15, 0.2) is 0 Å². The summed E-state index contributed by atoms with van der Waals surface area (Å²) in [6.07, 6.45) is 0.568. The highest BCUT2D eigenvalue weighted by atomic mass is 16.6. The smallest absolute Gasteiger partial charge is 0.417 e. The molecule has 0 aliphatic heterocycles. The first-order valence-electron chi connectivity index (χ1n) is 9.00. The maximum atomic E-state index is 12.8. The Morgan fingerprint density at radius 2 is 1.65 bits per heavy atom. The molecular weight excluding hydrogens is 332 g/mol. The van der Waals surface area contributed by atoms with Crippen molar-refractivity contribution < 1.29 is 19.1 Å². The largest absolute Gasteiger partial charge is 0.444 e. The summed E-state index contributed by atoms with van der Waals surface area (Å²) in [4.78, 5) is 37.8. The minimum absolute atomic E-state index is 0.0239. The molecule has 6 heteroatoms. The molecule has 6 nitrogen and oxygen atoms in total. The van der Waals surface area contributed by atoms with Crippen molar-refractivity contribution in [3.05, 3.63) is 35.9 Å². The molecule has 0 saturated heterocycles. The molecule has 0 heterocycles. The first kappa shape index (κ1) is 21.8. The SMILES string of the molecule is CC(C)C[C@@H](C=O)N(C(=O)OCc1ccccc1)C(=O)[C@@H](N)CC(C)C. The molecule has 0 bridgehead atoms. The molecular formula is C20H30N2O4. The molecule has 1 aromatic carbocycles. The van der Waals surface area contributed by atoms with Gasteiger partial charge in [0.25, 0.3) is 0 Å². The zero-order valence-corrected chi connectivity index (χ0v) is 16.1. The van der Waals surface area contributed by atoms with Crippen LogP contribution in [-0.2, 0) is 20.9 Å². The predicted molar refractivity (Wildman–Crippen MR) is 100 cm³/mol. The van der Waals surface area contributed by atoms with E-state index in [1.807, 2.05) is 58.0 Å². The molecule has 0 fully saturated rings. The van der Waals surface area contributed by atoms with Crippen LogP contribution in [-0.4, -0.2) is 35.3 Å². The van der Waals surface area contributed by atoms with Crippen molar-refractivity contribution in [2.24, 2.45) is 17.6 Å². The summed E-state index contributed by atoms with van der Waals surface area (Å²) < 4.78 is 5.28. The highest BCUT2D eigenvalue weighted by Crippen LogP contribution is 2.16. The monoisotopic (exact) mass is 362 g/mol. The van der Waals surface area contributed by atoms with Gasteiger partial charge in [0.2, 0.25) is 5.91 Å². The fraction of sp³-hybridized carbons (Fsp3) is 0.550. The van der Waals surface area contributed by atoms with Crippen LogP contribution >= 0.6 is 0 Å². The number of amides is 2. The third kappa shape index (κ3) is 6.96. The summed E-state index contributed by atoms with van der Waals surface area (Å²) in [5, 5.41) is 0. The van der Waals surface area contributed by atoms with Gasteiger partial charge in [0.05, 0.1) is 12.1 Å². The van der Waals surface area contributed by atoms with Crippen LogP contribution in [0.5, 0.6) is 0 Å². The van der Waals surface area contributed by atoms with E-state index in [9.17, 15) is 14.4 Å². The van der Waals surface area contributed by atoms with Crippen LogP contribution in [0.25, 0.3) is 0 Å². The van der Waals surface area contributed by atoms with Crippen molar-refractivity contribution in [2.45, 2.75) is 59.2 Å². The first-order chi connectivity index (χ1) is 12.3. The Morgan fingerprint density at radius 3 is 2.15 bits per heavy atom. The first-order valence-corrected chi connectivity index (χ1v) is 9.00. The Bertz CT molecular complexity index is 587. The van der Waals surface area contributed by atoms with Gasteiger partial charge in [0.1, 0.15) is 12.9 Å². The van der Waals surface area contributed by atoms with Gasteiger partial charge in [0, 0.05) is 0 Å². The molecule has 0 spiro atoms. The normalized spacial score (nSPS) is 13.3. The minimum Gasteiger partial charge on any atom is -0.444 e. The highest BCUT2D eigenvalue weighted by molar-refractivity contribution is 5.97. The molecule has 0 aliphatic rings. The van der Waals surface area contributed by atoms with Gasteiger partial charge in [-0.15, -0.1) is 0 Å². The van der Waals surface area contributed by atoms with Crippen LogP contribution in [0.3, 0.4) is 0 Å². The van der Waals surface area contributed by atoms with Crippen molar-refractivity contribution in [3.8, 4) is 0 Å². The molecule has 0 unspecified atom stereocenters. The van der Waals surface area contributed by atoms with E-state index >= 15 is 0 Å². The lowest BCUT2D eigenvalue weighted by molar-refractivity contribution is -0.136. The fourth-order valence-electron chi connectivity index (χ4n) is 2.67. The van der Waals surface area contributed by atoms with Crippen LogP contribution in [0.2, 0.25) is 0 Å². The Hall–Kier alpha value is -2.21. The number of nitrogens with two attached hydrogens (primary N) is 1. The Labute approximate surface area is 155 Å². The molecule has 2 amide bonds. The maximum absolute atomic E-state index is 12.8. The standard InChI is InChI=1S/C20H30N2O4/c1-14(2)10-17(12-23)22(19(24)18(21)11-15(3)4)20(25)26-13-16-8-6-5-7-9-16/h5-9,12,14-15,17-18H,10-11,13,21H2,1-4H3/t17-,18-/m0/s1. The zero-order valence-electron chi connectivity index (χ0n) is 16.1. The van der Waals surface area contributed by atoms with E-state index < -0.39 is 24.1 Å². The number of carbonyl (C=O) groups is 3. The van der Waals surface area contributed by atoms with E-state index in [2.05, 4.69) is 0 Å². The average Bonchev–Trinajstić information content (AvgIpc) is 2.59. The van der Waals surface area contributed by atoms with E-state index in [4.69, 9.17) is 10.5 Å². The number of benzene rings is 1. The number of nitrogens with zero attached hydrogens (tertiary/aromatic N) is 1. The van der Waals surface area contributed by atoms with Gasteiger partial charge < -0.3 is 15.3 Å². The fourth-order valence-corrected chi connectivity index (χ4v) is 2.67. The number of ether oxygens (including phenoxy) is 1. The van der Waals surface area contributed by atoms with Gasteiger partial charge in [-0.05, 0) is 30.2 Å². The lowest BCUT2D eigenvalue weighted by Crippen LogP contribution is -2.53. The topological polar surface area (TPSA) is 89.7 Å². The van der Waals surface area contributed by atoms with Crippen LogP contribution in [0.4, 0.5) is 4.79 Å². The molecule has 2 N–H and O–H groups in total. The molecule has 26 heavy (non-hydrogen) atoms. The zero-order chi connectivity index (χ0) is 19.7. The van der Waals surface area contributed by atoms with Gasteiger partial charge >= 0.3 is 6.09 Å². The van der Waals surface area contributed by atoms with Crippen LogP contribution < -0.4 is 5.73 Å². The van der Waals surface area contributed by atoms with E-state index in [0.717, 1.165) is 10.5 Å². The summed E-state index contributed by atoms with van der Waals surface area (Å²) in [5.41, 5.74) is 6.77. The number of hydrogen-bond donors (Lipinski definition) is 1. The van der Waals surface area contributed by atoms with Crippen molar-refractivity contribution in [1.82, 2.24) is 4.90 Å². The third-order valence-electron chi connectivity index (χ3n) is 3.88. The quantitative estimate of drug-likeness (QED) is 0.682. The number of imide groups is 1. The Morgan fingerprint density at radius 1 is 1.08 bits per heavy atom. The van der Waals surface area contributed by atoms with Crippen molar-refractivity contribution in [1.29, 1.82) is 0 Å². The number of carbonyl (C=O) groups excluding carboxylic acids is 3. The van der Waals surface area contributed by atoms with E-state index in [1.54, 1.807) is 0 Å². The summed E-state index contributed by atoms with van der Waals surface area (Å²) >= 11 is 0. The van der Waals surface area contributed by atoms with E-state index in [-0.39, 0.29) is 18.4 Å². The van der Waals surface area contributed by atoms with Gasteiger partial charge in [-0.2, -0.15) is 0 Å². The minimum atomic E-state index is -0.885. The van der Waals surface area contributed by atoms with E-state index in [0.29, 0.717) is 19.1 Å². The molecule has 0 saturated carbocycles. The molecule has 144 valence electrons. The van der Waals surface area contributed by atoms with Crippen molar-refractivity contribution in [3.63, 3.8) is 0 Å². The molecule has 0 aromatic heterocycles. The average molecular weight is 362 g/mol. The van der Waals surface area contributed by atoms with E-state index in [1.165, 1.54) is 0 Å². The Kier molecular flexibility index (Phi) is 8.99. The van der Waals surface area contributed by atoms with Crippen molar-refractivity contribution in [2.75, 3.05) is 0 Å². The molecule has 0 aliphatic carbocycles. The van der Waals surface area contributed by atoms with Crippen LogP contribution in [0.15, 0.2) is 30.3 Å². The highest BCUT2D eigenvalue weighted by Gasteiger charge is 2.34.